The van der Waals surface area contributed by atoms with Crippen LogP contribution in [0.4, 0.5) is 5.69 Å². The molecule has 1 heterocycles. The number of rotatable bonds is 10. The van der Waals surface area contributed by atoms with Crippen molar-refractivity contribution in [3.8, 4) is 0 Å². The zero-order chi connectivity index (χ0) is 22.9. The van der Waals surface area contributed by atoms with Crippen molar-refractivity contribution in [3.05, 3.63) is 100 Å². The summed E-state index contributed by atoms with van der Waals surface area (Å²) in [6.45, 7) is 5.67. The maximum Gasteiger partial charge on any atom is 0.0595 e. The lowest BCUT2D eigenvalue weighted by molar-refractivity contribution is 0.183. The van der Waals surface area contributed by atoms with E-state index >= 15 is 0 Å². The summed E-state index contributed by atoms with van der Waals surface area (Å²) in [7, 11) is 0. The van der Waals surface area contributed by atoms with Gasteiger partial charge in [-0.3, -0.25) is 0 Å². The molecule has 0 radical (unpaired) electrons. The van der Waals surface area contributed by atoms with Crippen LogP contribution in [-0.2, 0) is 12.8 Å². The third-order valence-corrected chi connectivity index (χ3v) is 7.49. The van der Waals surface area contributed by atoms with Gasteiger partial charge in [0.25, 0.3) is 0 Å². The van der Waals surface area contributed by atoms with Gasteiger partial charge in [0.05, 0.1) is 10.0 Å². The van der Waals surface area contributed by atoms with Gasteiger partial charge in [0, 0.05) is 18.8 Å². The number of hydrogen-bond acceptors (Lipinski definition) is 2. The van der Waals surface area contributed by atoms with Crippen LogP contribution in [0.5, 0.6) is 0 Å². The molecule has 0 atom stereocenters. The molecule has 0 saturated carbocycles. The molecule has 1 fully saturated rings. The summed E-state index contributed by atoms with van der Waals surface area (Å²) in [5.74, 6) is 0.829. The summed E-state index contributed by atoms with van der Waals surface area (Å²) in [6.07, 6.45) is 5.99. The molecular formula is C29H34Cl2N2. The first-order valence-electron chi connectivity index (χ1n) is 12.2. The van der Waals surface area contributed by atoms with Crippen molar-refractivity contribution in [1.82, 2.24) is 4.90 Å². The van der Waals surface area contributed by atoms with Crippen LogP contribution in [0.1, 0.15) is 30.4 Å². The molecule has 0 aliphatic carbocycles. The van der Waals surface area contributed by atoms with Crippen LogP contribution in [0, 0.1) is 5.92 Å². The lowest BCUT2D eigenvalue weighted by Gasteiger charge is -2.33. The molecule has 0 amide bonds. The van der Waals surface area contributed by atoms with E-state index in [1.807, 2.05) is 12.1 Å². The third-order valence-electron chi connectivity index (χ3n) is 6.75. The van der Waals surface area contributed by atoms with Crippen molar-refractivity contribution in [1.29, 1.82) is 0 Å². The van der Waals surface area contributed by atoms with Crippen molar-refractivity contribution in [3.63, 3.8) is 0 Å². The fraction of sp³-hybridized carbons (Fsp3) is 0.379. The molecule has 33 heavy (non-hydrogen) atoms. The Labute approximate surface area is 209 Å². The molecule has 0 bridgehead atoms. The van der Waals surface area contributed by atoms with E-state index < -0.39 is 0 Å². The van der Waals surface area contributed by atoms with Gasteiger partial charge in [-0.2, -0.15) is 0 Å². The number of benzene rings is 3. The zero-order valence-electron chi connectivity index (χ0n) is 19.3. The van der Waals surface area contributed by atoms with Crippen molar-refractivity contribution in [2.45, 2.75) is 32.1 Å². The van der Waals surface area contributed by atoms with Gasteiger partial charge in [0.1, 0.15) is 0 Å². The number of para-hydroxylation sites is 1. The van der Waals surface area contributed by atoms with Crippen molar-refractivity contribution in [2.75, 3.05) is 37.6 Å². The highest BCUT2D eigenvalue weighted by atomic mass is 35.5. The van der Waals surface area contributed by atoms with Crippen LogP contribution < -0.4 is 4.90 Å². The topological polar surface area (TPSA) is 6.48 Å². The number of piperidine rings is 1. The molecule has 0 spiro atoms. The van der Waals surface area contributed by atoms with Gasteiger partial charge >= 0.3 is 0 Å². The first-order valence-corrected chi connectivity index (χ1v) is 12.9. The van der Waals surface area contributed by atoms with Crippen LogP contribution in [0.15, 0.2) is 78.9 Å². The highest BCUT2D eigenvalue weighted by Gasteiger charge is 2.19. The molecule has 4 heteroatoms. The SMILES string of the molecule is Clc1ccc(CCN(CCCN2CCC(Cc3ccccc3)CC2)c2ccccc2)cc1Cl. The minimum Gasteiger partial charge on any atom is -0.371 e. The highest BCUT2D eigenvalue weighted by Crippen LogP contribution is 2.24. The van der Waals surface area contributed by atoms with E-state index in [1.165, 1.54) is 62.1 Å². The van der Waals surface area contributed by atoms with E-state index in [0.29, 0.717) is 10.0 Å². The van der Waals surface area contributed by atoms with E-state index in [9.17, 15) is 0 Å². The minimum atomic E-state index is 0.618. The molecule has 0 unspecified atom stereocenters. The van der Waals surface area contributed by atoms with Gasteiger partial charge in [-0.1, -0.05) is 77.8 Å². The summed E-state index contributed by atoms with van der Waals surface area (Å²) in [4.78, 5) is 5.16. The van der Waals surface area contributed by atoms with E-state index in [4.69, 9.17) is 23.2 Å². The molecule has 0 N–H and O–H groups in total. The van der Waals surface area contributed by atoms with E-state index in [2.05, 4.69) is 76.5 Å². The molecule has 1 saturated heterocycles. The number of hydrogen-bond donors (Lipinski definition) is 0. The monoisotopic (exact) mass is 480 g/mol. The molecular weight excluding hydrogens is 447 g/mol. The number of nitrogens with zero attached hydrogens (tertiary/aromatic N) is 2. The second kappa shape index (κ2) is 12.5. The number of anilines is 1. The highest BCUT2D eigenvalue weighted by molar-refractivity contribution is 6.42. The molecule has 3 aromatic rings. The molecule has 1 aliphatic rings. The lowest BCUT2D eigenvalue weighted by Crippen LogP contribution is -2.37. The van der Waals surface area contributed by atoms with Gasteiger partial charge in [-0.15, -0.1) is 0 Å². The number of halogens is 2. The van der Waals surface area contributed by atoms with Gasteiger partial charge in [0.2, 0.25) is 0 Å². The van der Waals surface area contributed by atoms with Crippen molar-refractivity contribution < 1.29 is 0 Å². The Hall–Kier alpha value is -2.00. The first-order chi connectivity index (χ1) is 16.2. The van der Waals surface area contributed by atoms with Crippen LogP contribution in [0.3, 0.4) is 0 Å². The summed E-state index contributed by atoms with van der Waals surface area (Å²) in [5.41, 5.74) is 4.00. The molecule has 4 rings (SSSR count). The average Bonchev–Trinajstić information content (AvgIpc) is 2.85. The molecule has 1 aliphatic heterocycles. The Kier molecular flexibility index (Phi) is 9.11. The van der Waals surface area contributed by atoms with E-state index in [-0.39, 0.29) is 0 Å². The number of likely N-dealkylation sites (tertiary alicyclic amines) is 1. The fourth-order valence-electron chi connectivity index (χ4n) is 4.81. The molecule has 2 nitrogen and oxygen atoms in total. The normalized spacial score (nSPS) is 15.0. The second-order valence-electron chi connectivity index (χ2n) is 9.15. The standard InChI is InChI=1S/C29H34Cl2N2/c30-28-13-12-25(23-29(28)31)16-21-33(27-10-5-2-6-11-27)18-7-17-32-19-14-26(15-20-32)22-24-8-3-1-4-9-24/h1-6,8-13,23,26H,7,14-22H2. The Morgan fingerprint density at radius 2 is 1.45 bits per heavy atom. The summed E-state index contributed by atoms with van der Waals surface area (Å²) >= 11 is 12.3. The van der Waals surface area contributed by atoms with Crippen molar-refractivity contribution >= 4 is 28.9 Å². The third kappa shape index (κ3) is 7.50. The Balaban J connectivity index is 1.24. The summed E-state index contributed by atoms with van der Waals surface area (Å²) in [5, 5.41) is 1.25. The van der Waals surface area contributed by atoms with E-state index in [0.717, 1.165) is 25.4 Å². The van der Waals surface area contributed by atoms with Crippen LogP contribution in [0.2, 0.25) is 10.0 Å². The maximum absolute atomic E-state index is 6.22. The smallest absolute Gasteiger partial charge is 0.0595 e. The van der Waals surface area contributed by atoms with Gasteiger partial charge in [-0.05, 0) is 93.0 Å². The average molecular weight is 482 g/mol. The predicted molar refractivity (Wildman–Crippen MR) is 143 cm³/mol. The lowest BCUT2D eigenvalue weighted by atomic mass is 9.90. The Bertz CT molecular complexity index is 969. The second-order valence-corrected chi connectivity index (χ2v) is 9.96. The minimum absolute atomic E-state index is 0.618. The quantitative estimate of drug-likeness (QED) is 0.298. The fourth-order valence-corrected chi connectivity index (χ4v) is 5.14. The predicted octanol–water partition coefficient (Wildman–Crippen LogP) is 7.39. The maximum atomic E-state index is 6.22. The van der Waals surface area contributed by atoms with Crippen LogP contribution >= 0.6 is 23.2 Å². The van der Waals surface area contributed by atoms with Crippen LogP contribution in [-0.4, -0.2) is 37.6 Å². The van der Waals surface area contributed by atoms with Gasteiger partial charge < -0.3 is 9.80 Å². The Morgan fingerprint density at radius 3 is 2.15 bits per heavy atom. The van der Waals surface area contributed by atoms with Gasteiger partial charge in [0.15, 0.2) is 0 Å². The van der Waals surface area contributed by atoms with Crippen molar-refractivity contribution in [2.24, 2.45) is 5.92 Å². The van der Waals surface area contributed by atoms with Gasteiger partial charge in [-0.25, -0.2) is 0 Å². The summed E-state index contributed by atoms with van der Waals surface area (Å²) in [6, 6.07) is 27.7. The molecule has 3 aromatic carbocycles. The zero-order valence-corrected chi connectivity index (χ0v) is 20.8. The first kappa shape index (κ1) is 24.1. The van der Waals surface area contributed by atoms with Crippen LogP contribution in [0.25, 0.3) is 0 Å². The molecule has 174 valence electrons. The molecule has 0 aromatic heterocycles. The Morgan fingerprint density at radius 1 is 0.758 bits per heavy atom. The summed E-state index contributed by atoms with van der Waals surface area (Å²) < 4.78 is 0. The van der Waals surface area contributed by atoms with E-state index in [1.54, 1.807) is 0 Å². The largest absolute Gasteiger partial charge is 0.371 e.